The molecule has 0 saturated carbocycles. The van der Waals surface area contributed by atoms with Gasteiger partial charge in [0, 0.05) is 0 Å². The first-order valence-electron chi connectivity index (χ1n) is 2.28. The van der Waals surface area contributed by atoms with Gasteiger partial charge in [0.1, 0.15) is 5.94 Å². The summed E-state index contributed by atoms with van der Waals surface area (Å²) in [5, 5.41) is 0. The van der Waals surface area contributed by atoms with Crippen molar-refractivity contribution in [3.63, 3.8) is 0 Å². The van der Waals surface area contributed by atoms with Crippen molar-refractivity contribution in [2.45, 2.75) is 26.4 Å². The third kappa shape index (κ3) is 6.31. The Labute approximate surface area is 50.5 Å². The van der Waals surface area contributed by atoms with Crippen molar-refractivity contribution in [1.82, 2.24) is 0 Å². The standard InChI is InChI=1S/C5H11OS/c1-5(2,3)6-4-7/h4H2,1-3H3. The summed E-state index contributed by atoms with van der Waals surface area (Å²) in [6.45, 7) is 5.96. The van der Waals surface area contributed by atoms with Crippen molar-refractivity contribution in [3.8, 4) is 0 Å². The second-order valence-corrected chi connectivity index (χ2v) is 2.61. The van der Waals surface area contributed by atoms with Crippen LogP contribution in [0.5, 0.6) is 0 Å². The van der Waals surface area contributed by atoms with Gasteiger partial charge in [-0.1, -0.05) is 12.6 Å². The third-order valence-electron chi connectivity index (χ3n) is 0.492. The summed E-state index contributed by atoms with van der Waals surface area (Å²) in [5.41, 5.74) is -0.0538. The second kappa shape index (κ2) is 2.58. The molecule has 0 fully saturated rings. The van der Waals surface area contributed by atoms with Crippen LogP contribution in [0, 0.1) is 0 Å². The third-order valence-corrected chi connectivity index (χ3v) is 0.610. The lowest BCUT2D eigenvalue weighted by Gasteiger charge is -2.16. The molecule has 0 aliphatic heterocycles. The minimum absolute atomic E-state index is 0.0538. The molecular formula is C5H11OS. The largest absolute Gasteiger partial charge is 0.364 e. The molecule has 0 aliphatic carbocycles. The highest BCUT2D eigenvalue weighted by Crippen LogP contribution is 2.05. The molecule has 0 aromatic heterocycles. The fraction of sp³-hybridized carbons (Fsp3) is 1.00. The molecule has 2 heteroatoms. The minimum Gasteiger partial charge on any atom is -0.364 e. The molecule has 7 heavy (non-hydrogen) atoms. The maximum atomic E-state index is 5.04. The van der Waals surface area contributed by atoms with Gasteiger partial charge in [-0.3, -0.25) is 0 Å². The second-order valence-electron chi connectivity index (χ2n) is 2.37. The molecule has 0 saturated heterocycles. The van der Waals surface area contributed by atoms with E-state index in [4.69, 9.17) is 4.74 Å². The molecule has 0 aromatic carbocycles. The normalized spacial score (nSPS) is 12.0. The molecule has 0 aliphatic rings. The average molecular weight is 119 g/mol. The highest BCUT2D eigenvalue weighted by molar-refractivity contribution is 7.80. The lowest BCUT2D eigenvalue weighted by molar-refractivity contribution is 0.0294. The van der Waals surface area contributed by atoms with Crippen LogP contribution in [0.2, 0.25) is 0 Å². The van der Waals surface area contributed by atoms with E-state index < -0.39 is 0 Å². The van der Waals surface area contributed by atoms with Gasteiger partial charge in [0.05, 0.1) is 5.60 Å². The average Bonchev–Trinajstić information content (AvgIpc) is 1.30. The molecule has 1 radical (unpaired) electrons. The summed E-state index contributed by atoms with van der Waals surface area (Å²) in [6, 6.07) is 0. The summed E-state index contributed by atoms with van der Waals surface area (Å²) in [4.78, 5) is 0. The van der Waals surface area contributed by atoms with Gasteiger partial charge >= 0.3 is 0 Å². The molecule has 0 rings (SSSR count). The zero-order chi connectivity index (χ0) is 5.91. The van der Waals surface area contributed by atoms with Crippen molar-refractivity contribution < 1.29 is 4.74 Å². The van der Waals surface area contributed by atoms with Gasteiger partial charge in [-0.15, -0.1) is 0 Å². The van der Waals surface area contributed by atoms with Crippen LogP contribution in [-0.4, -0.2) is 11.5 Å². The topological polar surface area (TPSA) is 9.23 Å². The van der Waals surface area contributed by atoms with Gasteiger partial charge < -0.3 is 4.74 Å². The Kier molecular flexibility index (Phi) is 2.69. The smallest absolute Gasteiger partial charge is 0.103 e. The van der Waals surface area contributed by atoms with Crippen LogP contribution in [0.3, 0.4) is 0 Å². The van der Waals surface area contributed by atoms with Crippen molar-refractivity contribution in [2.75, 3.05) is 5.94 Å². The van der Waals surface area contributed by atoms with Crippen molar-refractivity contribution >= 4 is 12.6 Å². The first kappa shape index (κ1) is 7.31. The van der Waals surface area contributed by atoms with Crippen LogP contribution in [0.1, 0.15) is 20.8 Å². The zero-order valence-electron chi connectivity index (χ0n) is 5.02. The summed E-state index contributed by atoms with van der Waals surface area (Å²) in [5.74, 6) is 0.392. The summed E-state index contributed by atoms with van der Waals surface area (Å²) in [6.07, 6.45) is 0. The quantitative estimate of drug-likeness (QED) is 0.512. The van der Waals surface area contributed by atoms with Gasteiger partial charge in [0.25, 0.3) is 0 Å². The summed E-state index contributed by atoms with van der Waals surface area (Å²) < 4.78 is 5.04. The minimum atomic E-state index is -0.0538. The number of hydrogen-bond acceptors (Lipinski definition) is 1. The van der Waals surface area contributed by atoms with E-state index in [0.717, 1.165) is 0 Å². The molecule has 0 atom stereocenters. The highest BCUT2D eigenvalue weighted by atomic mass is 32.1. The number of ether oxygens (including phenoxy) is 1. The molecule has 0 bridgehead atoms. The van der Waals surface area contributed by atoms with Gasteiger partial charge in [0.15, 0.2) is 0 Å². The van der Waals surface area contributed by atoms with Crippen LogP contribution >= 0.6 is 12.6 Å². The van der Waals surface area contributed by atoms with Gasteiger partial charge in [-0.2, -0.15) is 0 Å². The van der Waals surface area contributed by atoms with Crippen molar-refractivity contribution in [1.29, 1.82) is 0 Å². The predicted molar refractivity (Wildman–Crippen MR) is 33.3 cm³/mol. The molecule has 1 nitrogen and oxygen atoms in total. The van der Waals surface area contributed by atoms with Gasteiger partial charge in [-0.25, -0.2) is 0 Å². The Bertz CT molecular complexity index is 46.5. The lowest BCUT2D eigenvalue weighted by Crippen LogP contribution is -2.17. The van der Waals surface area contributed by atoms with Crippen LogP contribution in [0.4, 0.5) is 0 Å². The van der Waals surface area contributed by atoms with E-state index in [1.807, 2.05) is 20.8 Å². The molecule has 0 unspecified atom stereocenters. The highest BCUT2D eigenvalue weighted by Gasteiger charge is 2.06. The Morgan fingerprint density at radius 1 is 1.43 bits per heavy atom. The maximum Gasteiger partial charge on any atom is 0.103 e. The maximum absolute atomic E-state index is 5.04. The SMILES string of the molecule is CC(C)(C)OC[S]. The Morgan fingerprint density at radius 3 is 1.86 bits per heavy atom. The summed E-state index contributed by atoms with van der Waals surface area (Å²) >= 11 is 4.58. The van der Waals surface area contributed by atoms with Crippen molar-refractivity contribution in [2.24, 2.45) is 0 Å². The van der Waals surface area contributed by atoms with Crippen molar-refractivity contribution in [3.05, 3.63) is 0 Å². The van der Waals surface area contributed by atoms with Gasteiger partial charge in [-0.05, 0) is 20.8 Å². The van der Waals surface area contributed by atoms with E-state index in [0.29, 0.717) is 5.94 Å². The first-order chi connectivity index (χ1) is 3.06. The Balaban J connectivity index is 3.15. The molecule has 43 valence electrons. The van der Waals surface area contributed by atoms with E-state index in [1.54, 1.807) is 0 Å². The first-order valence-corrected chi connectivity index (χ1v) is 2.86. The fourth-order valence-electron chi connectivity index (χ4n) is 0.177. The number of rotatable bonds is 1. The van der Waals surface area contributed by atoms with E-state index in [9.17, 15) is 0 Å². The Hall–Kier alpha value is 0.310. The van der Waals surface area contributed by atoms with E-state index in [-0.39, 0.29) is 5.60 Å². The number of hydrogen-bond donors (Lipinski definition) is 0. The molecule has 0 heterocycles. The predicted octanol–water partition coefficient (Wildman–Crippen LogP) is 1.96. The lowest BCUT2D eigenvalue weighted by atomic mass is 10.2. The van der Waals surface area contributed by atoms with E-state index >= 15 is 0 Å². The van der Waals surface area contributed by atoms with E-state index in [1.165, 1.54) is 0 Å². The molecule has 0 amide bonds. The zero-order valence-corrected chi connectivity index (χ0v) is 5.84. The molecule has 0 aromatic rings. The fourth-order valence-corrected chi connectivity index (χ4v) is 0.530. The van der Waals surface area contributed by atoms with Crippen LogP contribution in [-0.2, 0) is 4.74 Å². The van der Waals surface area contributed by atoms with Crippen LogP contribution in [0.15, 0.2) is 0 Å². The molecule has 0 N–H and O–H groups in total. The molecule has 0 spiro atoms. The van der Waals surface area contributed by atoms with Crippen LogP contribution < -0.4 is 0 Å². The summed E-state index contributed by atoms with van der Waals surface area (Å²) in [7, 11) is 0. The molecular weight excluding hydrogens is 108 g/mol. The van der Waals surface area contributed by atoms with Crippen LogP contribution in [0.25, 0.3) is 0 Å². The van der Waals surface area contributed by atoms with Gasteiger partial charge in [0.2, 0.25) is 0 Å². The Morgan fingerprint density at radius 2 is 1.86 bits per heavy atom. The van der Waals surface area contributed by atoms with E-state index in [2.05, 4.69) is 12.6 Å². The monoisotopic (exact) mass is 119 g/mol.